The molecule has 0 N–H and O–H groups in total. The fourth-order valence-electron chi connectivity index (χ4n) is 3.00. The highest BCUT2D eigenvalue weighted by atomic mass is 32.2. The minimum absolute atomic E-state index is 0.0946. The van der Waals surface area contributed by atoms with Gasteiger partial charge in [-0.25, -0.2) is 17.2 Å². The van der Waals surface area contributed by atoms with E-state index in [1.54, 1.807) is 6.92 Å². The summed E-state index contributed by atoms with van der Waals surface area (Å²) in [4.78, 5) is -0.680. The van der Waals surface area contributed by atoms with E-state index >= 15 is 0 Å². The summed E-state index contributed by atoms with van der Waals surface area (Å²) in [6, 6.07) is 7.28. The summed E-state index contributed by atoms with van der Waals surface area (Å²) in [5.41, 5.74) is 3.27. The first kappa shape index (κ1) is 18.3. The van der Waals surface area contributed by atoms with Gasteiger partial charge in [0.05, 0.1) is 5.56 Å². The van der Waals surface area contributed by atoms with Gasteiger partial charge in [0.2, 0.25) is 0 Å². The molecule has 0 fully saturated rings. The number of sulfone groups is 1. The lowest BCUT2D eigenvalue weighted by Gasteiger charge is -2.09. The Balaban J connectivity index is 2.26. The van der Waals surface area contributed by atoms with E-state index in [1.807, 2.05) is 32.0 Å². The monoisotopic (exact) mass is 377 g/mol. The zero-order valence-corrected chi connectivity index (χ0v) is 15.5. The van der Waals surface area contributed by atoms with Crippen LogP contribution in [0.1, 0.15) is 16.9 Å². The van der Waals surface area contributed by atoms with E-state index in [4.69, 9.17) is 4.52 Å². The molecule has 0 saturated heterocycles. The van der Waals surface area contributed by atoms with Gasteiger partial charge < -0.3 is 4.52 Å². The first-order valence-electron chi connectivity index (χ1n) is 7.82. The molecule has 0 aliphatic rings. The summed E-state index contributed by atoms with van der Waals surface area (Å²) in [6.07, 6.45) is 0.829. The molecule has 0 amide bonds. The third-order valence-corrected chi connectivity index (χ3v) is 5.16. The van der Waals surface area contributed by atoms with Gasteiger partial charge in [0.1, 0.15) is 28.0 Å². The Bertz CT molecular complexity index is 1100. The summed E-state index contributed by atoms with van der Waals surface area (Å²) in [7, 11) is -3.88. The lowest BCUT2D eigenvalue weighted by atomic mass is 9.97. The van der Waals surface area contributed by atoms with Crippen LogP contribution in [0.3, 0.4) is 0 Å². The molecule has 7 heteroatoms. The van der Waals surface area contributed by atoms with Crippen molar-refractivity contribution in [3.8, 4) is 22.4 Å². The van der Waals surface area contributed by atoms with Crippen molar-refractivity contribution >= 4 is 9.84 Å². The third-order valence-electron chi connectivity index (χ3n) is 4.05. The van der Waals surface area contributed by atoms with Crippen LogP contribution >= 0.6 is 0 Å². The smallest absolute Gasteiger partial charge is 0.178 e. The summed E-state index contributed by atoms with van der Waals surface area (Å²) in [5, 5.41) is 4.00. The van der Waals surface area contributed by atoms with Crippen LogP contribution in [0.25, 0.3) is 22.4 Å². The number of rotatable bonds is 3. The molecule has 0 spiro atoms. The molecule has 0 aliphatic carbocycles. The Morgan fingerprint density at radius 1 is 0.923 bits per heavy atom. The molecule has 3 aromatic rings. The van der Waals surface area contributed by atoms with E-state index in [-0.39, 0.29) is 5.56 Å². The van der Waals surface area contributed by atoms with Gasteiger partial charge in [-0.15, -0.1) is 0 Å². The van der Waals surface area contributed by atoms with E-state index in [0.717, 1.165) is 23.4 Å². The third kappa shape index (κ3) is 3.26. The minimum Gasteiger partial charge on any atom is -0.360 e. The maximum absolute atomic E-state index is 14.7. The Kier molecular flexibility index (Phi) is 4.44. The Hall–Kier alpha value is -2.54. The van der Waals surface area contributed by atoms with Crippen LogP contribution in [0.4, 0.5) is 8.78 Å². The van der Waals surface area contributed by atoms with Crippen LogP contribution < -0.4 is 0 Å². The van der Waals surface area contributed by atoms with E-state index in [1.165, 1.54) is 0 Å². The van der Waals surface area contributed by atoms with Crippen molar-refractivity contribution in [1.29, 1.82) is 0 Å². The number of aromatic nitrogens is 1. The standard InChI is InChI=1S/C19H17F2NO3S/c1-10-5-11(2)7-13(6-10)19-18(12(3)25-22-19)14-8-16(21)17(9-15(14)20)26(4,23)24/h5-9H,1-4H3. The second-order valence-electron chi connectivity index (χ2n) is 6.37. The molecule has 0 saturated carbocycles. The number of benzene rings is 2. The molecule has 0 unspecified atom stereocenters. The van der Waals surface area contributed by atoms with Crippen LogP contribution in [-0.4, -0.2) is 19.8 Å². The van der Waals surface area contributed by atoms with Gasteiger partial charge in [-0.3, -0.25) is 0 Å². The molecule has 0 bridgehead atoms. The SMILES string of the molecule is Cc1cc(C)cc(-c2noc(C)c2-c2cc(F)c(S(C)(=O)=O)cc2F)c1. The topological polar surface area (TPSA) is 60.2 Å². The average Bonchev–Trinajstić information content (AvgIpc) is 2.88. The van der Waals surface area contributed by atoms with Crippen LogP contribution in [0.2, 0.25) is 0 Å². The van der Waals surface area contributed by atoms with Gasteiger partial charge in [-0.2, -0.15) is 0 Å². The van der Waals surface area contributed by atoms with Crippen molar-refractivity contribution in [2.75, 3.05) is 6.26 Å². The number of hydrogen-bond donors (Lipinski definition) is 0. The number of aryl methyl sites for hydroxylation is 3. The molecule has 4 nitrogen and oxygen atoms in total. The van der Waals surface area contributed by atoms with Crippen molar-refractivity contribution in [2.45, 2.75) is 25.7 Å². The minimum atomic E-state index is -3.88. The summed E-state index contributed by atoms with van der Waals surface area (Å²) in [5.74, 6) is -1.57. The maximum atomic E-state index is 14.7. The van der Waals surface area contributed by atoms with Crippen LogP contribution in [-0.2, 0) is 9.84 Å². The van der Waals surface area contributed by atoms with Crippen LogP contribution in [0.15, 0.2) is 39.8 Å². The molecule has 1 aromatic heterocycles. The van der Waals surface area contributed by atoms with Gasteiger partial charge >= 0.3 is 0 Å². The predicted molar refractivity (Wildman–Crippen MR) is 94.6 cm³/mol. The molecule has 1 heterocycles. The van der Waals surface area contributed by atoms with Gasteiger partial charge in [0, 0.05) is 17.4 Å². The van der Waals surface area contributed by atoms with Gasteiger partial charge in [-0.1, -0.05) is 22.3 Å². The molecule has 2 aromatic carbocycles. The summed E-state index contributed by atoms with van der Waals surface area (Å²) in [6.45, 7) is 5.44. The van der Waals surface area contributed by atoms with Crippen molar-refractivity contribution in [2.24, 2.45) is 0 Å². The van der Waals surface area contributed by atoms with Crippen LogP contribution in [0, 0.1) is 32.4 Å². The zero-order chi connectivity index (χ0) is 19.2. The highest BCUT2D eigenvalue weighted by molar-refractivity contribution is 7.90. The molecule has 136 valence electrons. The predicted octanol–water partition coefficient (Wildman–Crippen LogP) is 4.62. The molecular weight excluding hydrogens is 360 g/mol. The largest absolute Gasteiger partial charge is 0.360 e. The van der Waals surface area contributed by atoms with Gasteiger partial charge in [-0.05, 0) is 45.0 Å². The quantitative estimate of drug-likeness (QED) is 0.668. The lowest BCUT2D eigenvalue weighted by Crippen LogP contribution is -2.03. The second-order valence-corrected chi connectivity index (χ2v) is 8.36. The first-order valence-corrected chi connectivity index (χ1v) is 9.71. The summed E-state index contributed by atoms with van der Waals surface area (Å²) >= 11 is 0. The van der Waals surface area contributed by atoms with Crippen molar-refractivity contribution in [1.82, 2.24) is 5.16 Å². The number of nitrogens with zero attached hydrogens (tertiary/aromatic N) is 1. The molecule has 0 radical (unpaired) electrons. The second kappa shape index (κ2) is 6.32. The molecule has 0 atom stereocenters. The molecule has 0 aliphatic heterocycles. The number of hydrogen-bond acceptors (Lipinski definition) is 4. The lowest BCUT2D eigenvalue weighted by molar-refractivity contribution is 0.400. The van der Waals surface area contributed by atoms with Gasteiger partial charge in [0.25, 0.3) is 0 Å². The van der Waals surface area contributed by atoms with Crippen molar-refractivity contribution < 1.29 is 21.7 Å². The summed E-state index contributed by atoms with van der Waals surface area (Å²) < 4.78 is 57.4. The number of halogens is 2. The Labute approximate surface area is 150 Å². The van der Waals surface area contributed by atoms with E-state index in [2.05, 4.69) is 5.16 Å². The van der Waals surface area contributed by atoms with E-state index in [9.17, 15) is 17.2 Å². The van der Waals surface area contributed by atoms with Crippen molar-refractivity contribution in [3.05, 3.63) is 58.9 Å². The average molecular weight is 377 g/mol. The highest BCUT2D eigenvalue weighted by Gasteiger charge is 2.24. The fourth-order valence-corrected chi connectivity index (χ4v) is 3.73. The maximum Gasteiger partial charge on any atom is 0.178 e. The highest BCUT2D eigenvalue weighted by Crippen LogP contribution is 2.37. The zero-order valence-electron chi connectivity index (χ0n) is 14.7. The Morgan fingerprint density at radius 3 is 2.12 bits per heavy atom. The van der Waals surface area contributed by atoms with E-state index in [0.29, 0.717) is 28.6 Å². The normalized spacial score (nSPS) is 11.8. The van der Waals surface area contributed by atoms with Crippen LogP contribution in [0.5, 0.6) is 0 Å². The fraction of sp³-hybridized carbons (Fsp3) is 0.211. The molecule has 3 rings (SSSR count). The van der Waals surface area contributed by atoms with Crippen molar-refractivity contribution in [3.63, 3.8) is 0 Å². The molecular formula is C19H17F2NO3S. The first-order chi connectivity index (χ1) is 12.1. The van der Waals surface area contributed by atoms with E-state index < -0.39 is 26.4 Å². The van der Waals surface area contributed by atoms with Gasteiger partial charge in [0.15, 0.2) is 9.84 Å². The molecule has 26 heavy (non-hydrogen) atoms. The Morgan fingerprint density at radius 2 is 1.54 bits per heavy atom.